The Morgan fingerprint density at radius 1 is 1.24 bits per heavy atom. The monoisotopic (exact) mass is 286 g/mol. The number of benzene rings is 1. The molecule has 1 saturated carbocycles. The third-order valence-corrected chi connectivity index (χ3v) is 3.72. The quantitative estimate of drug-likeness (QED) is 0.845. The van der Waals surface area contributed by atoms with Crippen LogP contribution in [0.3, 0.4) is 0 Å². The van der Waals surface area contributed by atoms with Crippen molar-refractivity contribution in [1.82, 2.24) is 10.1 Å². The van der Waals surface area contributed by atoms with Crippen LogP contribution in [-0.4, -0.2) is 15.9 Å². The SMILES string of the molecule is O=C1CCCCC1Cc1nc(COc2ccccc2)no1. The average Bonchev–Trinajstić information content (AvgIpc) is 2.96. The van der Waals surface area contributed by atoms with Crippen molar-refractivity contribution in [3.8, 4) is 5.75 Å². The molecule has 21 heavy (non-hydrogen) atoms. The van der Waals surface area contributed by atoms with Gasteiger partial charge in [-0.25, -0.2) is 0 Å². The van der Waals surface area contributed by atoms with Crippen molar-refractivity contribution in [2.75, 3.05) is 0 Å². The average molecular weight is 286 g/mol. The Balaban J connectivity index is 1.55. The molecule has 0 radical (unpaired) electrons. The van der Waals surface area contributed by atoms with Gasteiger partial charge in [-0.15, -0.1) is 0 Å². The molecule has 2 aromatic rings. The molecule has 5 heteroatoms. The van der Waals surface area contributed by atoms with Gasteiger partial charge in [0.25, 0.3) is 0 Å². The molecule has 5 nitrogen and oxygen atoms in total. The molecule has 1 aromatic carbocycles. The lowest BCUT2D eigenvalue weighted by molar-refractivity contribution is -0.124. The fourth-order valence-corrected chi connectivity index (χ4v) is 2.58. The number of aromatic nitrogens is 2. The summed E-state index contributed by atoms with van der Waals surface area (Å²) < 4.78 is 10.8. The van der Waals surface area contributed by atoms with E-state index in [1.807, 2.05) is 30.3 Å². The predicted octanol–water partition coefficient (Wildman–Crippen LogP) is 2.95. The van der Waals surface area contributed by atoms with Gasteiger partial charge in [0.1, 0.15) is 11.5 Å². The molecule has 1 aliphatic carbocycles. The highest BCUT2D eigenvalue weighted by Gasteiger charge is 2.24. The minimum Gasteiger partial charge on any atom is -0.485 e. The van der Waals surface area contributed by atoms with Crippen molar-refractivity contribution in [3.05, 3.63) is 42.0 Å². The van der Waals surface area contributed by atoms with E-state index < -0.39 is 0 Å². The van der Waals surface area contributed by atoms with Crippen LogP contribution in [0.5, 0.6) is 5.75 Å². The van der Waals surface area contributed by atoms with Crippen LogP contribution >= 0.6 is 0 Å². The number of carbonyl (C=O) groups excluding carboxylic acids is 1. The molecule has 110 valence electrons. The van der Waals surface area contributed by atoms with Crippen LogP contribution in [0.1, 0.15) is 37.4 Å². The van der Waals surface area contributed by atoms with Gasteiger partial charge in [-0.1, -0.05) is 29.8 Å². The predicted molar refractivity (Wildman–Crippen MR) is 75.7 cm³/mol. The van der Waals surface area contributed by atoms with E-state index in [0.29, 0.717) is 30.3 Å². The number of hydrogen-bond donors (Lipinski definition) is 0. The lowest BCUT2D eigenvalue weighted by Crippen LogP contribution is -2.21. The molecule has 0 spiro atoms. The Morgan fingerprint density at radius 3 is 2.90 bits per heavy atom. The maximum atomic E-state index is 11.8. The number of rotatable bonds is 5. The summed E-state index contributed by atoms with van der Waals surface area (Å²) in [4.78, 5) is 16.1. The molecule has 3 rings (SSSR count). The second kappa shape index (κ2) is 6.52. The normalized spacial score (nSPS) is 18.7. The van der Waals surface area contributed by atoms with Crippen molar-refractivity contribution in [3.63, 3.8) is 0 Å². The van der Waals surface area contributed by atoms with Gasteiger partial charge in [-0.3, -0.25) is 4.79 Å². The van der Waals surface area contributed by atoms with Crippen LogP contribution in [0.4, 0.5) is 0 Å². The minimum absolute atomic E-state index is 0.0436. The van der Waals surface area contributed by atoms with Crippen molar-refractivity contribution >= 4 is 5.78 Å². The number of ether oxygens (including phenoxy) is 1. The van der Waals surface area contributed by atoms with Crippen LogP contribution in [-0.2, 0) is 17.8 Å². The van der Waals surface area contributed by atoms with Crippen molar-refractivity contribution in [2.24, 2.45) is 5.92 Å². The zero-order valence-electron chi connectivity index (χ0n) is 11.8. The van der Waals surface area contributed by atoms with Crippen molar-refractivity contribution < 1.29 is 14.1 Å². The maximum absolute atomic E-state index is 11.8. The van der Waals surface area contributed by atoms with E-state index in [2.05, 4.69) is 10.1 Å². The van der Waals surface area contributed by atoms with E-state index in [-0.39, 0.29) is 12.5 Å². The summed E-state index contributed by atoms with van der Waals surface area (Å²) in [7, 11) is 0. The highest BCUT2D eigenvalue weighted by atomic mass is 16.5. The van der Waals surface area contributed by atoms with E-state index in [0.717, 1.165) is 25.0 Å². The summed E-state index contributed by atoms with van der Waals surface area (Å²) in [5.74, 6) is 2.17. The van der Waals surface area contributed by atoms with Crippen molar-refractivity contribution in [1.29, 1.82) is 0 Å². The first-order chi connectivity index (χ1) is 10.3. The van der Waals surface area contributed by atoms with Gasteiger partial charge in [0.2, 0.25) is 11.7 Å². The van der Waals surface area contributed by atoms with Gasteiger partial charge in [0.15, 0.2) is 6.61 Å². The molecular weight excluding hydrogens is 268 g/mol. The van der Waals surface area contributed by atoms with E-state index in [4.69, 9.17) is 9.26 Å². The first kappa shape index (κ1) is 13.8. The smallest absolute Gasteiger partial charge is 0.227 e. The highest BCUT2D eigenvalue weighted by molar-refractivity contribution is 5.81. The molecule has 1 aliphatic rings. The van der Waals surface area contributed by atoms with Crippen LogP contribution in [0.15, 0.2) is 34.9 Å². The Bertz CT molecular complexity index is 595. The Kier molecular flexibility index (Phi) is 4.28. The first-order valence-electron chi connectivity index (χ1n) is 7.33. The molecule has 1 unspecified atom stereocenters. The number of hydrogen-bond acceptors (Lipinski definition) is 5. The maximum Gasteiger partial charge on any atom is 0.227 e. The number of ketones is 1. The lowest BCUT2D eigenvalue weighted by atomic mass is 9.86. The third-order valence-electron chi connectivity index (χ3n) is 3.72. The second-order valence-electron chi connectivity index (χ2n) is 5.32. The summed E-state index contributed by atoms with van der Waals surface area (Å²) in [6, 6.07) is 9.50. The van der Waals surface area contributed by atoms with E-state index in [1.54, 1.807) is 0 Å². The van der Waals surface area contributed by atoms with Crippen LogP contribution in [0, 0.1) is 5.92 Å². The van der Waals surface area contributed by atoms with Gasteiger partial charge in [-0.2, -0.15) is 4.98 Å². The second-order valence-corrected chi connectivity index (χ2v) is 5.32. The Labute approximate surface area is 123 Å². The fraction of sp³-hybridized carbons (Fsp3) is 0.438. The molecule has 1 atom stereocenters. The van der Waals surface area contributed by atoms with E-state index in [1.165, 1.54) is 0 Å². The molecule has 0 N–H and O–H groups in total. The number of para-hydroxylation sites is 1. The summed E-state index contributed by atoms with van der Waals surface area (Å²) >= 11 is 0. The standard InChI is InChI=1S/C16H18N2O3/c19-14-9-5-4-6-12(14)10-16-17-15(18-21-16)11-20-13-7-2-1-3-8-13/h1-3,7-8,12H,4-6,9-11H2. The fourth-order valence-electron chi connectivity index (χ4n) is 2.58. The van der Waals surface area contributed by atoms with Gasteiger partial charge < -0.3 is 9.26 Å². The van der Waals surface area contributed by atoms with Gasteiger partial charge in [0, 0.05) is 18.8 Å². The van der Waals surface area contributed by atoms with Crippen molar-refractivity contribution in [2.45, 2.75) is 38.7 Å². The molecular formula is C16H18N2O3. The molecule has 0 bridgehead atoms. The summed E-state index contributed by atoms with van der Waals surface area (Å²) in [5, 5.41) is 3.90. The Hall–Kier alpha value is -2.17. The first-order valence-corrected chi connectivity index (χ1v) is 7.33. The van der Waals surface area contributed by atoms with Gasteiger partial charge in [-0.05, 0) is 25.0 Å². The molecule has 0 amide bonds. The molecule has 1 aromatic heterocycles. The largest absolute Gasteiger partial charge is 0.485 e. The summed E-state index contributed by atoms with van der Waals surface area (Å²) in [6.45, 7) is 0.270. The summed E-state index contributed by atoms with van der Waals surface area (Å²) in [6.07, 6.45) is 4.28. The van der Waals surface area contributed by atoms with E-state index >= 15 is 0 Å². The summed E-state index contributed by atoms with van der Waals surface area (Å²) in [5.41, 5.74) is 0. The lowest BCUT2D eigenvalue weighted by Gasteiger charge is -2.18. The van der Waals surface area contributed by atoms with Crippen LogP contribution < -0.4 is 4.74 Å². The van der Waals surface area contributed by atoms with Gasteiger partial charge >= 0.3 is 0 Å². The number of nitrogens with zero attached hydrogens (tertiary/aromatic N) is 2. The topological polar surface area (TPSA) is 65.2 Å². The number of carbonyl (C=O) groups is 1. The molecule has 0 aliphatic heterocycles. The highest BCUT2D eigenvalue weighted by Crippen LogP contribution is 2.23. The van der Waals surface area contributed by atoms with Crippen LogP contribution in [0.2, 0.25) is 0 Å². The third kappa shape index (κ3) is 3.68. The molecule has 1 fully saturated rings. The van der Waals surface area contributed by atoms with Crippen LogP contribution in [0.25, 0.3) is 0 Å². The Morgan fingerprint density at radius 2 is 2.10 bits per heavy atom. The minimum atomic E-state index is 0.0436. The van der Waals surface area contributed by atoms with E-state index in [9.17, 15) is 4.79 Å². The zero-order chi connectivity index (χ0) is 14.5. The van der Waals surface area contributed by atoms with Gasteiger partial charge in [0.05, 0.1) is 0 Å². The molecule has 0 saturated heterocycles. The molecule has 1 heterocycles. The zero-order valence-corrected chi connectivity index (χ0v) is 11.8. The number of Topliss-reactive ketones (excluding diaryl/α,β-unsaturated/α-hetero) is 1.